The summed E-state index contributed by atoms with van der Waals surface area (Å²) >= 11 is 0. The van der Waals surface area contributed by atoms with E-state index < -0.39 is 11.8 Å². The summed E-state index contributed by atoms with van der Waals surface area (Å²) in [7, 11) is 0. The smallest absolute Gasteiger partial charge is 0.216 e. The first kappa shape index (κ1) is 11.8. The average molecular weight is 250 g/mol. The Kier molecular flexibility index (Phi) is 2.70. The van der Waals surface area contributed by atoms with Gasteiger partial charge in [0, 0.05) is 36.7 Å². The van der Waals surface area contributed by atoms with E-state index in [9.17, 15) is 8.78 Å². The average Bonchev–Trinajstić information content (AvgIpc) is 2.86. The van der Waals surface area contributed by atoms with Crippen LogP contribution in [0.25, 0.3) is 5.57 Å². The zero-order valence-corrected chi connectivity index (χ0v) is 10.5. The Morgan fingerprint density at radius 3 is 2.67 bits per heavy atom. The third-order valence-corrected chi connectivity index (χ3v) is 3.91. The topological polar surface area (TPSA) is 16.1 Å². The molecule has 1 aliphatic carbocycles. The molecule has 1 aromatic heterocycles. The monoisotopic (exact) mass is 250 g/mol. The van der Waals surface area contributed by atoms with Crippen LogP contribution >= 0.6 is 0 Å². The molecule has 1 aromatic rings. The Labute approximate surface area is 105 Å². The van der Waals surface area contributed by atoms with E-state index in [1.165, 1.54) is 6.07 Å². The molecule has 0 N–H and O–H groups in total. The van der Waals surface area contributed by atoms with Crippen LogP contribution in [0.4, 0.5) is 8.78 Å². The van der Waals surface area contributed by atoms with Gasteiger partial charge < -0.3 is 0 Å². The van der Waals surface area contributed by atoms with E-state index in [2.05, 4.69) is 29.8 Å². The lowest BCUT2D eigenvalue weighted by Gasteiger charge is -2.29. The van der Waals surface area contributed by atoms with Gasteiger partial charge in [-0.1, -0.05) is 6.08 Å². The van der Waals surface area contributed by atoms with Crippen LogP contribution < -0.4 is 0 Å². The number of pyridine rings is 1. The zero-order chi connectivity index (χ0) is 12.9. The van der Waals surface area contributed by atoms with Crippen molar-refractivity contribution in [2.45, 2.75) is 32.4 Å². The maximum Gasteiger partial charge on any atom is 0.216 e. The molecule has 2 aliphatic rings. The summed E-state index contributed by atoms with van der Waals surface area (Å²) in [4.78, 5) is 6.23. The molecule has 2 atom stereocenters. The fourth-order valence-corrected chi connectivity index (χ4v) is 3.13. The van der Waals surface area contributed by atoms with Gasteiger partial charge in [0.2, 0.25) is 5.95 Å². The van der Waals surface area contributed by atoms with E-state index in [1.807, 2.05) is 0 Å². The summed E-state index contributed by atoms with van der Waals surface area (Å²) < 4.78 is 26.4. The van der Waals surface area contributed by atoms with Crippen molar-refractivity contribution in [3.8, 4) is 0 Å². The van der Waals surface area contributed by atoms with Crippen LogP contribution in [0.5, 0.6) is 0 Å². The second-order valence-electron chi connectivity index (χ2n) is 5.41. The number of fused-ring (bicyclic) bond motifs is 2. The number of nitrogens with zero attached hydrogens (tertiary/aromatic N) is 2. The molecule has 0 spiro atoms. The molecule has 3 rings (SSSR count). The van der Waals surface area contributed by atoms with E-state index in [1.54, 1.807) is 0 Å². The first-order chi connectivity index (χ1) is 8.54. The van der Waals surface area contributed by atoms with Crippen LogP contribution in [0.15, 0.2) is 18.2 Å². The molecule has 0 amide bonds. The maximum atomic E-state index is 13.2. The number of hydrogen-bond acceptors (Lipinski definition) is 2. The van der Waals surface area contributed by atoms with Crippen LogP contribution in [0.3, 0.4) is 0 Å². The van der Waals surface area contributed by atoms with Crippen molar-refractivity contribution in [3.63, 3.8) is 0 Å². The fraction of sp³-hybridized carbons (Fsp3) is 0.500. The lowest BCUT2D eigenvalue weighted by molar-refractivity contribution is 0.227. The zero-order valence-electron chi connectivity index (χ0n) is 10.5. The molecule has 2 bridgehead atoms. The Balaban J connectivity index is 1.92. The minimum Gasteiger partial charge on any atom is -0.294 e. The fourth-order valence-electron chi connectivity index (χ4n) is 3.13. The Morgan fingerprint density at radius 1 is 1.33 bits per heavy atom. The third-order valence-electron chi connectivity index (χ3n) is 3.91. The molecule has 2 unspecified atom stereocenters. The number of hydrogen-bond donors (Lipinski definition) is 0. The van der Waals surface area contributed by atoms with Gasteiger partial charge in [-0.05, 0) is 25.8 Å². The molecule has 2 nitrogen and oxygen atoms in total. The van der Waals surface area contributed by atoms with Gasteiger partial charge >= 0.3 is 0 Å². The predicted molar refractivity (Wildman–Crippen MR) is 65.9 cm³/mol. The van der Waals surface area contributed by atoms with E-state index in [4.69, 9.17) is 0 Å². The number of likely N-dealkylation sites (tertiary alicyclic amines) is 1. The lowest BCUT2D eigenvalue weighted by atomic mass is 9.99. The molecule has 1 aliphatic heterocycles. The maximum absolute atomic E-state index is 13.2. The van der Waals surface area contributed by atoms with Gasteiger partial charge in [0.25, 0.3) is 0 Å². The van der Waals surface area contributed by atoms with Crippen molar-refractivity contribution in [2.75, 3.05) is 6.54 Å². The van der Waals surface area contributed by atoms with Gasteiger partial charge in [0.15, 0.2) is 0 Å². The first-order valence-corrected chi connectivity index (χ1v) is 6.35. The van der Waals surface area contributed by atoms with Crippen molar-refractivity contribution in [1.82, 2.24) is 9.88 Å². The van der Waals surface area contributed by atoms with Crippen molar-refractivity contribution in [2.24, 2.45) is 5.92 Å². The number of aromatic nitrogens is 1. The molecule has 4 heteroatoms. The normalized spacial score (nSPS) is 27.1. The summed E-state index contributed by atoms with van der Waals surface area (Å²) in [6, 6.07) is 3.06. The molecular weight excluding hydrogens is 234 g/mol. The number of halogens is 2. The van der Waals surface area contributed by atoms with Gasteiger partial charge in [-0.3, -0.25) is 4.90 Å². The van der Waals surface area contributed by atoms with Crippen LogP contribution in [0.1, 0.15) is 26.0 Å². The molecule has 1 saturated heterocycles. The summed E-state index contributed by atoms with van der Waals surface area (Å²) in [5, 5.41) is 0. The van der Waals surface area contributed by atoms with Crippen molar-refractivity contribution >= 4 is 5.57 Å². The van der Waals surface area contributed by atoms with E-state index >= 15 is 0 Å². The highest BCUT2D eigenvalue weighted by Gasteiger charge is 2.40. The highest BCUT2D eigenvalue weighted by molar-refractivity contribution is 5.69. The second kappa shape index (κ2) is 4.12. The second-order valence-corrected chi connectivity index (χ2v) is 5.41. The van der Waals surface area contributed by atoms with E-state index in [0.717, 1.165) is 24.6 Å². The molecule has 2 heterocycles. The molecule has 0 aromatic carbocycles. The Bertz CT molecular complexity index is 490. The van der Waals surface area contributed by atoms with Crippen molar-refractivity contribution in [3.05, 3.63) is 35.7 Å². The quantitative estimate of drug-likeness (QED) is 0.750. The predicted octanol–water partition coefficient (Wildman–Crippen LogP) is 2.86. The number of rotatable bonds is 2. The molecular formula is C14H16F2N2. The first-order valence-electron chi connectivity index (χ1n) is 6.35. The highest BCUT2D eigenvalue weighted by Crippen LogP contribution is 2.42. The molecule has 96 valence electrons. The van der Waals surface area contributed by atoms with Gasteiger partial charge in [0.1, 0.15) is 5.82 Å². The van der Waals surface area contributed by atoms with Crippen LogP contribution in [0, 0.1) is 17.7 Å². The summed E-state index contributed by atoms with van der Waals surface area (Å²) in [6.07, 6.45) is 3.17. The third kappa shape index (κ3) is 1.85. The lowest BCUT2D eigenvalue weighted by Crippen LogP contribution is -2.36. The highest BCUT2D eigenvalue weighted by atomic mass is 19.1. The summed E-state index contributed by atoms with van der Waals surface area (Å²) in [5.74, 6) is -0.928. The Hall–Kier alpha value is -1.29. The minimum atomic E-state index is -0.741. The molecule has 0 saturated carbocycles. The molecule has 18 heavy (non-hydrogen) atoms. The molecule has 1 fully saturated rings. The van der Waals surface area contributed by atoms with Gasteiger partial charge in [-0.15, -0.1) is 0 Å². The van der Waals surface area contributed by atoms with E-state index in [-0.39, 0.29) is 0 Å². The largest absolute Gasteiger partial charge is 0.294 e. The summed E-state index contributed by atoms with van der Waals surface area (Å²) in [5.41, 5.74) is 1.47. The van der Waals surface area contributed by atoms with Gasteiger partial charge in [-0.2, -0.15) is 4.39 Å². The molecule has 0 radical (unpaired) electrons. The van der Waals surface area contributed by atoms with E-state index in [0.29, 0.717) is 23.7 Å². The summed E-state index contributed by atoms with van der Waals surface area (Å²) in [6.45, 7) is 5.32. The van der Waals surface area contributed by atoms with Gasteiger partial charge in [-0.25, -0.2) is 9.37 Å². The van der Waals surface area contributed by atoms with Crippen molar-refractivity contribution in [1.29, 1.82) is 0 Å². The van der Waals surface area contributed by atoms with Crippen LogP contribution in [-0.2, 0) is 0 Å². The standard InChI is InChI=1S/C14H16F2N2/c1-8(2)18-7-9-3-11(18)6-12(9)13-4-10(15)5-14(16)17-13/h4-6,8-9,11H,3,7H2,1-2H3. The van der Waals surface area contributed by atoms with Gasteiger partial charge in [0.05, 0.1) is 5.69 Å². The van der Waals surface area contributed by atoms with Crippen LogP contribution in [0.2, 0.25) is 0 Å². The van der Waals surface area contributed by atoms with Crippen LogP contribution in [-0.4, -0.2) is 28.5 Å². The van der Waals surface area contributed by atoms with Crippen molar-refractivity contribution < 1.29 is 8.78 Å². The Morgan fingerprint density at radius 2 is 2.11 bits per heavy atom. The SMILES string of the molecule is CC(C)N1CC2CC1C=C2c1cc(F)cc(F)n1. The minimum absolute atomic E-state index is 0.367.